The number of hydrogen-bond acceptors (Lipinski definition) is 4. The maximum Gasteiger partial charge on any atom is 0.323 e. The number of rotatable bonds is 8. The molecule has 1 saturated heterocycles. The summed E-state index contributed by atoms with van der Waals surface area (Å²) < 4.78 is 5.64. The Morgan fingerprint density at radius 1 is 1.06 bits per heavy atom. The lowest BCUT2D eigenvalue weighted by atomic mass is 10.2. The fourth-order valence-corrected chi connectivity index (χ4v) is 3.57. The number of anilines is 3. The molecule has 2 aromatic carbocycles. The predicted octanol–water partition coefficient (Wildman–Crippen LogP) is 4.57. The van der Waals surface area contributed by atoms with Crippen LogP contribution in [-0.4, -0.2) is 49.6 Å². The van der Waals surface area contributed by atoms with Crippen molar-refractivity contribution in [2.75, 3.05) is 42.3 Å². The zero-order valence-electron chi connectivity index (χ0n) is 18.6. The van der Waals surface area contributed by atoms with E-state index in [1.807, 2.05) is 60.5 Å². The van der Waals surface area contributed by atoms with Crippen LogP contribution >= 0.6 is 0 Å². The maximum absolute atomic E-state index is 12.3. The Morgan fingerprint density at radius 3 is 2.26 bits per heavy atom. The second kappa shape index (κ2) is 10.7. The minimum absolute atomic E-state index is 0.0936. The van der Waals surface area contributed by atoms with Crippen molar-refractivity contribution < 1.29 is 14.3 Å². The second-order valence-corrected chi connectivity index (χ2v) is 7.87. The van der Waals surface area contributed by atoms with E-state index in [9.17, 15) is 9.59 Å². The summed E-state index contributed by atoms with van der Waals surface area (Å²) in [6, 6.07) is 15.1. The standard InChI is InChI=1S/C24H32N4O3/c1-4-5-16-31-23-12-8-20(9-13-23)26-24(30)25-19-6-10-21(11-7-19)28-15-14-22(17-28)27(3)18(2)29/h6-13,22H,4-5,14-17H2,1-3H3,(H2,25,26,30). The van der Waals surface area contributed by atoms with E-state index in [1.54, 1.807) is 6.92 Å². The Bertz CT molecular complexity index is 867. The number of urea groups is 1. The molecule has 0 aromatic heterocycles. The molecule has 0 spiro atoms. The summed E-state index contributed by atoms with van der Waals surface area (Å²) in [5.41, 5.74) is 2.51. The summed E-state index contributed by atoms with van der Waals surface area (Å²) in [4.78, 5) is 27.9. The third kappa shape index (κ3) is 6.38. The zero-order valence-corrected chi connectivity index (χ0v) is 18.6. The molecule has 1 aliphatic heterocycles. The fraction of sp³-hybridized carbons (Fsp3) is 0.417. The molecule has 7 heteroatoms. The molecule has 1 aliphatic rings. The van der Waals surface area contributed by atoms with E-state index in [2.05, 4.69) is 22.5 Å². The number of ether oxygens (including phenoxy) is 1. The van der Waals surface area contributed by atoms with Crippen LogP contribution < -0.4 is 20.3 Å². The summed E-state index contributed by atoms with van der Waals surface area (Å²) in [6.45, 7) is 6.16. The molecule has 2 N–H and O–H groups in total. The van der Waals surface area contributed by atoms with Crippen molar-refractivity contribution in [1.82, 2.24) is 4.90 Å². The van der Waals surface area contributed by atoms with Crippen LogP contribution in [0.25, 0.3) is 0 Å². The number of nitrogens with zero attached hydrogens (tertiary/aromatic N) is 2. The van der Waals surface area contributed by atoms with E-state index in [-0.39, 0.29) is 18.0 Å². The van der Waals surface area contributed by atoms with Gasteiger partial charge in [0.15, 0.2) is 0 Å². The van der Waals surface area contributed by atoms with E-state index in [0.29, 0.717) is 12.3 Å². The van der Waals surface area contributed by atoms with Gasteiger partial charge in [-0.1, -0.05) is 13.3 Å². The first-order valence-corrected chi connectivity index (χ1v) is 10.9. The van der Waals surface area contributed by atoms with Crippen LogP contribution in [0.3, 0.4) is 0 Å². The van der Waals surface area contributed by atoms with Crippen molar-refractivity contribution in [3.63, 3.8) is 0 Å². The fourth-order valence-electron chi connectivity index (χ4n) is 3.57. The molecule has 0 saturated carbocycles. The monoisotopic (exact) mass is 424 g/mol. The number of amides is 3. The molecule has 1 heterocycles. The number of unbranched alkanes of at least 4 members (excludes halogenated alkanes) is 1. The smallest absolute Gasteiger partial charge is 0.323 e. The number of carbonyl (C=O) groups excluding carboxylic acids is 2. The molecule has 0 aliphatic carbocycles. The highest BCUT2D eigenvalue weighted by Crippen LogP contribution is 2.24. The molecular weight excluding hydrogens is 392 g/mol. The number of carbonyl (C=O) groups is 2. The molecule has 2 aromatic rings. The Kier molecular flexibility index (Phi) is 7.76. The molecule has 1 fully saturated rings. The number of hydrogen-bond donors (Lipinski definition) is 2. The Labute approximate surface area is 184 Å². The van der Waals surface area contributed by atoms with Gasteiger partial charge in [0.05, 0.1) is 12.6 Å². The highest BCUT2D eigenvalue weighted by molar-refractivity contribution is 5.99. The topological polar surface area (TPSA) is 73.9 Å². The van der Waals surface area contributed by atoms with E-state index in [0.717, 1.165) is 49.5 Å². The average molecular weight is 425 g/mol. The van der Waals surface area contributed by atoms with E-state index < -0.39 is 0 Å². The van der Waals surface area contributed by atoms with Gasteiger partial charge in [-0.15, -0.1) is 0 Å². The highest BCUT2D eigenvalue weighted by Gasteiger charge is 2.27. The van der Waals surface area contributed by atoms with Gasteiger partial charge in [0.25, 0.3) is 0 Å². The first kappa shape index (κ1) is 22.5. The molecule has 166 valence electrons. The molecule has 0 bridgehead atoms. The zero-order chi connectivity index (χ0) is 22.2. The van der Waals surface area contributed by atoms with Gasteiger partial charge in [-0.3, -0.25) is 4.79 Å². The van der Waals surface area contributed by atoms with Gasteiger partial charge in [0, 0.05) is 44.1 Å². The van der Waals surface area contributed by atoms with Gasteiger partial charge < -0.3 is 25.2 Å². The third-order valence-electron chi connectivity index (χ3n) is 5.58. The van der Waals surface area contributed by atoms with E-state index in [4.69, 9.17) is 4.74 Å². The molecule has 1 atom stereocenters. The summed E-state index contributed by atoms with van der Waals surface area (Å²) in [6.07, 6.45) is 3.08. The quantitative estimate of drug-likeness (QED) is 0.609. The molecular formula is C24H32N4O3. The van der Waals surface area contributed by atoms with Crippen molar-refractivity contribution in [3.05, 3.63) is 48.5 Å². The van der Waals surface area contributed by atoms with Crippen molar-refractivity contribution >= 4 is 29.0 Å². The van der Waals surface area contributed by atoms with Gasteiger partial charge >= 0.3 is 6.03 Å². The minimum atomic E-state index is -0.295. The van der Waals surface area contributed by atoms with Crippen LogP contribution in [0.1, 0.15) is 33.1 Å². The SMILES string of the molecule is CCCCOc1ccc(NC(=O)Nc2ccc(N3CCC(N(C)C(C)=O)C3)cc2)cc1. The Hall–Kier alpha value is -3.22. The van der Waals surface area contributed by atoms with Crippen molar-refractivity contribution in [2.24, 2.45) is 0 Å². The first-order chi connectivity index (χ1) is 15.0. The predicted molar refractivity (Wildman–Crippen MR) is 125 cm³/mol. The summed E-state index contributed by atoms with van der Waals surface area (Å²) >= 11 is 0. The average Bonchev–Trinajstić information content (AvgIpc) is 3.25. The van der Waals surface area contributed by atoms with Crippen LogP contribution in [0.2, 0.25) is 0 Å². The van der Waals surface area contributed by atoms with Crippen molar-refractivity contribution in [1.29, 1.82) is 0 Å². The van der Waals surface area contributed by atoms with Crippen LogP contribution in [0.5, 0.6) is 5.75 Å². The van der Waals surface area contributed by atoms with Gasteiger partial charge in [-0.05, 0) is 61.4 Å². The number of nitrogens with one attached hydrogen (secondary N) is 2. The molecule has 3 amide bonds. The lowest BCUT2D eigenvalue weighted by Crippen LogP contribution is -2.37. The largest absolute Gasteiger partial charge is 0.494 e. The van der Waals surface area contributed by atoms with Gasteiger partial charge in [0.1, 0.15) is 5.75 Å². The summed E-state index contributed by atoms with van der Waals surface area (Å²) in [5, 5.41) is 5.68. The first-order valence-electron chi connectivity index (χ1n) is 10.9. The van der Waals surface area contributed by atoms with Crippen LogP contribution in [0, 0.1) is 0 Å². The van der Waals surface area contributed by atoms with Crippen LogP contribution in [0.15, 0.2) is 48.5 Å². The number of likely N-dealkylation sites (N-methyl/N-ethyl adjacent to an activating group) is 1. The molecule has 3 rings (SSSR count). The molecule has 31 heavy (non-hydrogen) atoms. The second-order valence-electron chi connectivity index (χ2n) is 7.87. The van der Waals surface area contributed by atoms with Gasteiger partial charge in [-0.2, -0.15) is 0 Å². The lowest BCUT2D eigenvalue weighted by molar-refractivity contribution is -0.129. The van der Waals surface area contributed by atoms with E-state index >= 15 is 0 Å². The Morgan fingerprint density at radius 2 is 1.68 bits per heavy atom. The normalized spacial score (nSPS) is 15.5. The van der Waals surface area contributed by atoms with Crippen LogP contribution in [-0.2, 0) is 4.79 Å². The lowest BCUT2D eigenvalue weighted by Gasteiger charge is -2.24. The van der Waals surface area contributed by atoms with Crippen molar-refractivity contribution in [2.45, 2.75) is 39.2 Å². The highest BCUT2D eigenvalue weighted by atomic mass is 16.5. The van der Waals surface area contributed by atoms with Gasteiger partial charge in [0.2, 0.25) is 5.91 Å². The van der Waals surface area contributed by atoms with E-state index in [1.165, 1.54) is 0 Å². The van der Waals surface area contributed by atoms with Crippen LogP contribution in [0.4, 0.5) is 21.9 Å². The third-order valence-corrected chi connectivity index (χ3v) is 5.58. The Balaban J connectivity index is 1.48. The molecule has 7 nitrogen and oxygen atoms in total. The molecule has 0 radical (unpaired) electrons. The minimum Gasteiger partial charge on any atom is -0.494 e. The van der Waals surface area contributed by atoms with Crippen molar-refractivity contribution in [3.8, 4) is 5.75 Å². The summed E-state index contributed by atoms with van der Waals surface area (Å²) in [5.74, 6) is 0.893. The maximum atomic E-state index is 12.3. The van der Waals surface area contributed by atoms with Gasteiger partial charge in [-0.25, -0.2) is 4.79 Å². The number of benzene rings is 2. The summed E-state index contributed by atoms with van der Waals surface area (Å²) in [7, 11) is 1.86. The molecule has 1 unspecified atom stereocenters.